The van der Waals surface area contributed by atoms with Gasteiger partial charge in [-0.15, -0.1) is 0 Å². The Morgan fingerprint density at radius 1 is 1.29 bits per heavy atom. The van der Waals surface area contributed by atoms with E-state index in [0.717, 1.165) is 42.1 Å². The maximum atomic E-state index is 12.7. The Morgan fingerprint density at radius 3 is 2.79 bits per heavy atom. The maximum Gasteiger partial charge on any atom is 0.216 e. The molecular formula is C18H22N2O3S. The third-order valence-corrected chi connectivity index (χ3v) is 7.07. The summed E-state index contributed by atoms with van der Waals surface area (Å²) in [5, 5.41) is 0.962. The minimum atomic E-state index is -3.41. The number of ether oxygens (including phenoxy) is 1. The maximum absolute atomic E-state index is 12.7. The first kappa shape index (κ1) is 16.0. The fourth-order valence-corrected chi connectivity index (χ4v) is 5.74. The van der Waals surface area contributed by atoms with Crippen LogP contribution in [-0.2, 0) is 20.5 Å². The molecule has 24 heavy (non-hydrogen) atoms. The van der Waals surface area contributed by atoms with Crippen molar-refractivity contribution in [2.75, 3.05) is 7.11 Å². The number of fused-ring (bicyclic) bond motifs is 1. The predicted octanol–water partition coefficient (Wildman–Crippen LogP) is 2.61. The number of aromatic nitrogens is 1. The SMILES string of the molecule is CO[C@@H]1C[C@H](NS(=O)(=O)Cc2cccc3cccnc23)C12CCC2. The fraction of sp³-hybridized carbons (Fsp3) is 0.500. The van der Waals surface area contributed by atoms with Gasteiger partial charge in [-0.25, -0.2) is 13.1 Å². The molecule has 5 nitrogen and oxygen atoms in total. The van der Waals surface area contributed by atoms with Crippen LogP contribution in [0.25, 0.3) is 10.9 Å². The van der Waals surface area contributed by atoms with Crippen LogP contribution >= 0.6 is 0 Å². The first-order valence-corrected chi connectivity index (χ1v) is 10.0. The van der Waals surface area contributed by atoms with Gasteiger partial charge in [0.2, 0.25) is 10.0 Å². The topological polar surface area (TPSA) is 68.3 Å². The molecule has 0 amide bonds. The first-order valence-electron chi connectivity index (χ1n) is 8.39. The summed E-state index contributed by atoms with van der Waals surface area (Å²) in [5.41, 5.74) is 1.52. The number of benzene rings is 1. The van der Waals surface area contributed by atoms with Gasteiger partial charge in [0, 0.05) is 30.1 Å². The molecule has 2 aliphatic rings. The molecule has 1 N–H and O–H groups in total. The van der Waals surface area contributed by atoms with Crippen molar-refractivity contribution < 1.29 is 13.2 Å². The summed E-state index contributed by atoms with van der Waals surface area (Å²) in [5.74, 6) is -0.0361. The van der Waals surface area contributed by atoms with Crippen LogP contribution in [-0.4, -0.2) is 32.7 Å². The Hall–Kier alpha value is -1.50. The standard InChI is InChI=1S/C18H22N2O3S/c1-23-16-11-15(18(16)8-4-9-18)20-24(21,22)12-14-6-2-5-13-7-3-10-19-17(13)14/h2-3,5-7,10,15-16,20H,4,8-9,11-12H2,1H3/t15-,16+/m0/s1. The predicted molar refractivity (Wildman–Crippen MR) is 93.0 cm³/mol. The van der Waals surface area contributed by atoms with Crippen molar-refractivity contribution >= 4 is 20.9 Å². The van der Waals surface area contributed by atoms with Crippen molar-refractivity contribution in [2.45, 2.75) is 43.6 Å². The van der Waals surface area contributed by atoms with Crippen molar-refractivity contribution in [3.05, 3.63) is 42.1 Å². The number of methoxy groups -OCH3 is 1. The van der Waals surface area contributed by atoms with E-state index in [4.69, 9.17) is 4.74 Å². The Bertz CT molecular complexity index is 856. The Labute approximate surface area is 142 Å². The normalized spacial score (nSPS) is 25.4. The molecule has 1 spiro atoms. The molecule has 0 aliphatic heterocycles. The molecule has 0 unspecified atom stereocenters. The van der Waals surface area contributed by atoms with Crippen molar-refractivity contribution in [2.24, 2.45) is 5.41 Å². The van der Waals surface area contributed by atoms with E-state index in [1.807, 2.05) is 30.3 Å². The zero-order valence-electron chi connectivity index (χ0n) is 13.7. The van der Waals surface area contributed by atoms with Crippen molar-refractivity contribution in [1.29, 1.82) is 0 Å². The van der Waals surface area contributed by atoms with Gasteiger partial charge < -0.3 is 4.74 Å². The number of para-hydroxylation sites is 1. The fourth-order valence-electron chi connectivity index (χ4n) is 4.25. The summed E-state index contributed by atoms with van der Waals surface area (Å²) in [7, 11) is -1.69. The van der Waals surface area contributed by atoms with Gasteiger partial charge in [-0.3, -0.25) is 4.98 Å². The van der Waals surface area contributed by atoms with Crippen LogP contribution in [0.15, 0.2) is 36.5 Å². The lowest BCUT2D eigenvalue weighted by Gasteiger charge is -2.60. The van der Waals surface area contributed by atoms with E-state index in [9.17, 15) is 8.42 Å². The third kappa shape index (κ3) is 2.53. The average Bonchev–Trinajstić information content (AvgIpc) is 2.49. The van der Waals surface area contributed by atoms with Gasteiger partial charge in [0.25, 0.3) is 0 Å². The molecule has 128 valence electrons. The second kappa shape index (κ2) is 5.79. The molecule has 0 radical (unpaired) electrons. The van der Waals surface area contributed by atoms with E-state index in [-0.39, 0.29) is 23.3 Å². The first-order chi connectivity index (χ1) is 11.5. The lowest BCUT2D eigenvalue weighted by Crippen LogP contribution is -2.67. The number of hydrogen-bond donors (Lipinski definition) is 1. The molecule has 2 atom stereocenters. The van der Waals surface area contributed by atoms with Gasteiger partial charge in [0.15, 0.2) is 0 Å². The zero-order valence-corrected chi connectivity index (χ0v) is 14.6. The van der Waals surface area contributed by atoms with Gasteiger partial charge >= 0.3 is 0 Å². The third-order valence-electron chi connectivity index (χ3n) is 5.74. The monoisotopic (exact) mass is 346 g/mol. The lowest BCUT2D eigenvalue weighted by atomic mass is 9.51. The number of hydrogen-bond acceptors (Lipinski definition) is 4. The molecule has 0 saturated heterocycles. The largest absolute Gasteiger partial charge is 0.381 e. The van der Waals surface area contributed by atoms with E-state index >= 15 is 0 Å². The molecule has 1 aromatic heterocycles. The molecule has 1 heterocycles. The zero-order chi connectivity index (χ0) is 16.8. The molecule has 4 rings (SSSR count). The minimum Gasteiger partial charge on any atom is -0.381 e. The van der Waals surface area contributed by atoms with Crippen LogP contribution in [0.5, 0.6) is 0 Å². The molecule has 2 aromatic rings. The minimum absolute atomic E-state index is 0.00383. The summed E-state index contributed by atoms with van der Waals surface area (Å²) in [4.78, 5) is 4.35. The van der Waals surface area contributed by atoms with Crippen LogP contribution in [0.1, 0.15) is 31.2 Å². The molecule has 6 heteroatoms. The van der Waals surface area contributed by atoms with Crippen LogP contribution in [0.4, 0.5) is 0 Å². The smallest absolute Gasteiger partial charge is 0.216 e. The highest BCUT2D eigenvalue weighted by Crippen LogP contribution is 2.57. The Kier molecular flexibility index (Phi) is 3.86. The Balaban J connectivity index is 1.54. The van der Waals surface area contributed by atoms with E-state index in [1.165, 1.54) is 0 Å². The van der Waals surface area contributed by atoms with Gasteiger partial charge in [0.05, 0.1) is 17.4 Å². The van der Waals surface area contributed by atoms with Crippen molar-refractivity contribution in [3.8, 4) is 0 Å². The van der Waals surface area contributed by atoms with E-state index < -0.39 is 10.0 Å². The summed E-state index contributed by atoms with van der Waals surface area (Å²) in [6.45, 7) is 0. The van der Waals surface area contributed by atoms with Crippen LogP contribution in [0.2, 0.25) is 0 Å². The number of pyridine rings is 1. The number of rotatable bonds is 5. The van der Waals surface area contributed by atoms with Gasteiger partial charge in [-0.2, -0.15) is 0 Å². The molecule has 1 aromatic carbocycles. The highest BCUT2D eigenvalue weighted by Gasteiger charge is 2.59. The summed E-state index contributed by atoms with van der Waals surface area (Å²) >= 11 is 0. The molecule has 2 aliphatic carbocycles. The molecular weight excluding hydrogens is 324 g/mol. The van der Waals surface area contributed by atoms with Crippen LogP contribution in [0.3, 0.4) is 0 Å². The molecule has 2 fully saturated rings. The second-order valence-corrected chi connectivity index (χ2v) is 8.72. The highest BCUT2D eigenvalue weighted by molar-refractivity contribution is 7.88. The Morgan fingerprint density at radius 2 is 2.08 bits per heavy atom. The van der Waals surface area contributed by atoms with Gasteiger partial charge in [-0.1, -0.05) is 30.7 Å². The molecule has 0 bridgehead atoms. The highest BCUT2D eigenvalue weighted by atomic mass is 32.2. The van der Waals surface area contributed by atoms with E-state index in [0.29, 0.717) is 0 Å². The van der Waals surface area contributed by atoms with Crippen LogP contribution in [0, 0.1) is 5.41 Å². The summed E-state index contributed by atoms with van der Waals surface area (Å²) < 4.78 is 33.8. The average molecular weight is 346 g/mol. The number of sulfonamides is 1. The molecule has 2 saturated carbocycles. The van der Waals surface area contributed by atoms with Gasteiger partial charge in [0.1, 0.15) is 0 Å². The number of nitrogens with zero attached hydrogens (tertiary/aromatic N) is 1. The summed E-state index contributed by atoms with van der Waals surface area (Å²) in [6, 6.07) is 9.48. The quantitative estimate of drug-likeness (QED) is 0.904. The number of nitrogens with one attached hydrogen (secondary N) is 1. The lowest BCUT2D eigenvalue weighted by molar-refractivity contribution is -0.155. The second-order valence-electron chi connectivity index (χ2n) is 6.97. The van der Waals surface area contributed by atoms with E-state index in [1.54, 1.807) is 13.3 Å². The van der Waals surface area contributed by atoms with Crippen molar-refractivity contribution in [1.82, 2.24) is 9.71 Å². The van der Waals surface area contributed by atoms with E-state index in [2.05, 4.69) is 9.71 Å². The van der Waals surface area contributed by atoms with Crippen molar-refractivity contribution in [3.63, 3.8) is 0 Å². The van der Waals surface area contributed by atoms with Gasteiger partial charge in [-0.05, 0) is 30.9 Å². The summed E-state index contributed by atoms with van der Waals surface area (Å²) in [6.07, 6.45) is 5.92. The van der Waals surface area contributed by atoms with Crippen LogP contribution < -0.4 is 4.72 Å².